The maximum Gasteiger partial charge on any atom is 0.220 e. The van der Waals surface area contributed by atoms with Gasteiger partial charge >= 0.3 is 0 Å². The van der Waals surface area contributed by atoms with Gasteiger partial charge in [-0.1, -0.05) is 279 Å². The van der Waals surface area contributed by atoms with Crippen molar-refractivity contribution in [2.24, 2.45) is 0 Å². The van der Waals surface area contributed by atoms with Crippen molar-refractivity contribution in [3.8, 4) is 0 Å². The largest absolute Gasteiger partial charge is 0.394 e. The van der Waals surface area contributed by atoms with Crippen molar-refractivity contribution >= 4 is 5.91 Å². The second-order valence-electron chi connectivity index (χ2n) is 19.7. The highest BCUT2D eigenvalue weighted by Crippen LogP contribution is 2.17. The molecular formula is C62H113NO3. The van der Waals surface area contributed by atoms with Gasteiger partial charge in [-0.15, -0.1) is 0 Å². The highest BCUT2D eigenvalue weighted by Gasteiger charge is 2.18. The zero-order valence-electron chi connectivity index (χ0n) is 44.2. The van der Waals surface area contributed by atoms with E-state index in [0.29, 0.717) is 6.42 Å². The van der Waals surface area contributed by atoms with Crippen LogP contribution in [0.25, 0.3) is 0 Å². The lowest BCUT2D eigenvalue weighted by molar-refractivity contribution is -0.123. The van der Waals surface area contributed by atoms with Crippen LogP contribution in [0.1, 0.15) is 296 Å². The van der Waals surface area contributed by atoms with Crippen molar-refractivity contribution in [3.05, 3.63) is 72.9 Å². The van der Waals surface area contributed by atoms with Crippen LogP contribution in [0, 0.1) is 0 Å². The van der Waals surface area contributed by atoms with Crippen molar-refractivity contribution in [3.63, 3.8) is 0 Å². The van der Waals surface area contributed by atoms with Crippen LogP contribution in [0.4, 0.5) is 0 Å². The standard InChI is InChI=1S/C62H113NO3/c1-3-5-7-9-11-13-15-17-19-20-21-22-23-24-25-26-27-28-29-30-31-32-33-34-35-36-37-38-39-40-41-42-44-46-48-50-52-54-56-58-62(66)63-60(59-64)61(65)57-55-53-51-49-47-45-43-18-16-14-12-10-8-6-4-2/h15-18,20-21,23-24,47,49,55,57,60-61,64-65H,3-14,19,22,25-46,48,50-54,56,58-59H2,1-2H3,(H,63,66)/b17-15-,18-16+,21-20-,24-23-,49-47+,57-55+. The second kappa shape index (κ2) is 57.1. The molecule has 4 heteroatoms. The van der Waals surface area contributed by atoms with E-state index in [2.05, 4.69) is 79.9 Å². The summed E-state index contributed by atoms with van der Waals surface area (Å²) in [5.74, 6) is -0.0757. The van der Waals surface area contributed by atoms with Gasteiger partial charge in [-0.25, -0.2) is 0 Å². The number of allylic oxidation sites excluding steroid dienone is 11. The third-order valence-electron chi connectivity index (χ3n) is 13.1. The van der Waals surface area contributed by atoms with Crippen LogP contribution in [-0.4, -0.2) is 34.9 Å². The van der Waals surface area contributed by atoms with E-state index in [4.69, 9.17) is 0 Å². The average Bonchev–Trinajstić information content (AvgIpc) is 3.32. The van der Waals surface area contributed by atoms with Gasteiger partial charge in [0.2, 0.25) is 5.91 Å². The fourth-order valence-corrected chi connectivity index (χ4v) is 8.69. The molecule has 66 heavy (non-hydrogen) atoms. The first-order valence-electron chi connectivity index (χ1n) is 29.2. The maximum atomic E-state index is 12.4. The van der Waals surface area contributed by atoms with E-state index in [1.165, 1.54) is 225 Å². The minimum absolute atomic E-state index is 0.0757. The summed E-state index contributed by atoms with van der Waals surface area (Å²) in [6, 6.07) is -0.646. The van der Waals surface area contributed by atoms with Gasteiger partial charge in [0.15, 0.2) is 0 Å². The Morgan fingerprint density at radius 2 is 0.636 bits per heavy atom. The summed E-state index contributed by atoms with van der Waals surface area (Å²) >= 11 is 0. The molecule has 0 aliphatic rings. The summed E-state index contributed by atoms with van der Waals surface area (Å²) in [6.07, 6.45) is 82.3. The van der Waals surface area contributed by atoms with Crippen LogP contribution in [0.3, 0.4) is 0 Å². The normalized spacial score (nSPS) is 13.3. The number of carbonyl (C=O) groups is 1. The molecule has 0 bridgehead atoms. The third-order valence-corrected chi connectivity index (χ3v) is 13.1. The molecule has 0 rings (SSSR count). The van der Waals surface area contributed by atoms with Gasteiger partial charge in [0.05, 0.1) is 18.8 Å². The number of nitrogens with one attached hydrogen (secondary N) is 1. The number of hydrogen-bond acceptors (Lipinski definition) is 3. The SMILES string of the molecule is CCCCCCC/C=C\C/C=C\C/C=C\CCCCCCCCCCCCCCCCCCCCCCCCCCC(=O)NC(CO)C(O)/C=C/CC/C=C/CC/C=C/CCCCCCC. The molecule has 3 N–H and O–H groups in total. The van der Waals surface area contributed by atoms with Gasteiger partial charge in [0.1, 0.15) is 0 Å². The first kappa shape index (κ1) is 63.8. The van der Waals surface area contributed by atoms with Crippen molar-refractivity contribution in [1.29, 1.82) is 0 Å². The van der Waals surface area contributed by atoms with E-state index >= 15 is 0 Å². The Bertz CT molecular complexity index is 1130. The zero-order valence-corrected chi connectivity index (χ0v) is 44.2. The number of aliphatic hydroxyl groups is 2. The molecule has 1 amide bonds. The molecule has 4 nitrogen and oxygen atoms in total. The molecule has 0 heterocycles. The lowest BCUT2D eigenvalue weighted by atomic mass is 10.0. The van der Waals surface area contributed by atoms with E-state index < -0.39 is 12.1 Å². The number of rotatable bonds is 53. The first-order valence-corrected chi connectivity index (χ1v) is 29.2. The molecule has 0 aromatic heterocycles. The van der Waals surface area contributed by atoms with Crippen LogP contribution < -0.4 is 5.32 Å². The van der Waals surface area contributed by atoms with Crippen molar-refractivity contribution in [1.82, 2.24) is 5.32 Å². The predicted octanol–water partition coefficient (Wildman–Crippen LogP) is 19.4. The van der Waals surface area contributed by atoms with Crippen LogP contribution in [-0.2, 0) is 4.79 Å². The fourth-order valence-electron chi connectivity index (χ4n) is 8.69. The van der Waals surface area contributed by atoms with Crippen LogP contribution in [0.5, 0.6) is 0 Å². The van der Waals surface area contributed by atoms with E-state index in [1.54, 1.807) is 6.08 Å². The maximum absolute atomic E-state index is 12.4. The summed E-state index contributed by atoms with van der Waals surface area (Å²) < 4.78 is 0. The lowest BCUT2D eigenvalue weighted by Gasteiger charge is -2.19. The lowest BCUT2D eigenvalue weighted by Crippen LogP contribution is -2.45. The number of unbranched alkanes of at least 4 members (excludes halogenated alkanes) is 36. The van der Waals surface area contributed by atoms with E-state index in [0.717, 1.165) is 51.4 Å². The van der Waals surface area contributed by atoms with Crippen LogP contribution in [0.15, 0.2) is 72.9 Å². The Kier molecular flexibility index (Phi) is 55.3. The Hall–Kier alpha value is -2.17. The van der Waals surface area contributed by atoms with Gasteiger partial charge in [-0.05, 0) is 83.5 Å². The van der Waals surface area contributed by atoms with Gasteiger partial charge in [0.25, 0.3) is 0 Å². The molecule has 384 valence electrons. The molecule has 0 aromatic carbocycles. The van der Waals surface area contributed by atoms with Gasteiger partial charge in [0, 0.05) is 6.42 Å². The molecule has 2 unspecified atom stereocenters. The summed E-state index contributed by atoms with van der Waals surface area (Å²) in [5.41, 5.74) is 0. The zero-order chi connectivity index (χ0) is 47.7. The minimum atomic E-state index is -0.870. The molecule has 0 fully saturated rings. The highest BCUT2D eigenvalue weighted by molar-refractivity contribution is 5.76. The Morgan fingerprint density at radius 1 is 0.364 bits per heavy atom. The quantitative estimate of drug-likeness (QED) is 0.0421. The van der Waals surface area contributed by atoms with E-state index in [-0.39, 0.29) is 12.5 Å². The third kappa shape index (κ3) is 52.8. The molecule has 0 aliphatic heterocycles. The van der Waals surface area contributed by atoms with Crippen molar-refractivity contribution in [2.45, 2.75) is 309 Å². The molecular weight excluding hydrogens is 807 g/mol. The first-order chi connectivity index (χ1) is 32.7. The monoisotopic (exact) mass is 920 g/mol. The molecule has 2 atom stereocenters. The number of aliphatic hydroxyl groups excluding tert-OH is 2. The van der Waals surface area contributed by atoms with Crippen molar-refractivity contribution in [2.75, 3.05) is 6.61 Å². The van der Waals surface area contributed by atoms with Gasteiger partial charge < -0.3 is 15.5 Å². The predicted molar refractivity (Wildman–Crippen MR) is 294 cm³/mol. The molecule has 0 aliphatic carbocycles. The van der Waals surface area contributed by atoms with Crippen molar-refractivity contribution < 1.29 is 15.0 Å². The summed E-state index contributed by atoms with van der Waals surface area (Å²) in [5, 5.41) is 23.1. The molecule has 0 radical (unpaired) electrons. The minimum Gasteiger partial charge on any atom is -0.394 e. The summed E-state index contributed by atoms with van der Waals surface area (Å²) in [6.45, 7) is 4.27. The topological polar surface area (TPSA) is 69.6 Å². The van der Waals surface area contributed by atoms with Gasteiger partial charge in [-0.3, -0.25) is 4.79 Å². The number of amides is 1. The average molecular weight is 921 g/mol. The van der Waals surface area contributed by atoms with E-state index in [9.17, 15) is 15.0 Å². The Morgan fingerprint density at radius 3 is 0.985 bits per heavy atom. The Labute approximate surface area is 412 Å². The summed E-state index contributed by atoms with van der Waals surface area (Å²) in [7, 11) is 0. The fraction of sp³-hybridized carbons (Fsp3) is 0.790. The van der Waals surface area contributed by atoms with Crippen LogP contribution in [0.2, 0.25) is 0 Å². The second-order valence-corrected chi connectivity index (χ2v) is 19.7. The number of hydrogen-bond donors (Lipinski definition) is 3. The highest BCUT2D eigenvalue weighted by atomic mass is 16.3. The molecule has 0 saturated carbocycles. The summed E-state index contributed by atoms with van der Waals surface area (Å²) in [4.78, 5) is 12.4. The smallest absolute Gasteiger partial charge is 0.220 e. The number of carbonyl (C=O) groups excluding carboxylic acids is 1. The van der Waals surface area contributed by atoms with Gasteiger partial charge in [-0.2, -0.15) is 0 Å². The van der Waals surface area contributed by atoms with E-state index in [1.807, 2.05) is 6.08 Å². The van der Waals surface area contributed by atoms with Crippen LogP contribution >= 0.6 is 0 Å². The molecule has 0 aromatic rings. The molecule has 0 spiro atoms. The Balaban J connectivity index is 3.44. The molecule has 0 saturated heterocycles.